The number of hydrogen-bond acceptors (Lipinski definition) is 5. The Labute approximate surface area is 115 Å². The number of ether oxygens (including phenoxy) is 1. The van der Waals surface area contributed by atoms with Crippen LogP contribution in [-0.4, -0.2) is 23.5 Å². The first-order valence-electron chi connectivity index (χ1n) is 6.00. The smallest absolute Gasteiger partial charge is 0.272 e. The number of nitrogens with zero attached hydrogens (tertiary/aromatic N) is 2. The first-order valence-corrected chi connectivity index (χ1v) is 6.88. The Morgan fingerprint density at radius 2 is 2.37 bits per heavy atom. The fourth-order valence-electron chi connectivity index (χ4n) is 1.87. The minimum atomic E-state index is -0.400. The first-order chi connectivity index (χ1) is 9.13. The molecule has 0 radical (unpaired) electrons. The van der Waals surface area contributed by atoms with E-state index in [-0.39, 0.29) is 5.56 Å². The summed E-state index contributed by atoms with van der Waals surface area (Å²) in [6.45, 7) is 2.73. The lowest BCUT2D eigenvalue weighted by molar-refractivity contribution is 0.181. The summed E-state index contributed by atoms with van der Waals surface area (Å²) in [6, 6.07) is 5.22. The summed E-state index contributed by atoms with van der Waals surface area (Å²) >= 11 is 1.55. The molecule has 0 spiro atoms. The minimum Gasteiger partial charge on any atom is -0.383 e. The molecule has 19 heavy (non-hydrogen) atoms. The van der Waals surface area contributed by atoms with Crippen molar-refractivity contribution >= 4 is 11.3 Å². The summed E-state index contributed by atoms with van der Waals surface area (Å²) in [4.78, 5) is 13.3. The van der Waals surface area contributed by atoms with Gasteiger partial charge in [-0.15, -0.1) is 11.3 Å². The molecule has 2 aromatic rings. The summed E-state index contributed by atoms with van der Waals surface area (Å²) in [6.07, 6.45) is 0. The molecule has 2 heterocycles. The number of hydrogen-bond donors (Lipinski definition) is 1. The van der Waals surface area contributed by atoms with Crippen molar-refractivity contribution in [3.05, 3.63) is 50.1 Å². The SMILES string of the molecule is COCCn1nc(C)cc(C(N)c2cccs2)c1=O. The Morgan fingerprint density at radius 1 is 1.58 bits per heavy atom. The lowest BCUT2D eigenvalue weighted by Gasteiger charge is -2.13. The van der Waals surface area contributed by atoms with Crippen LogP contribution in [0.4, 0.5) is 0 Å². The van der Waals surface area contributed by atoms with E-state index in [9.17, 15) is 4.79 Å². The third-order valence-corrected chi connectivity index (χ3v) is 3.77. The van der Waals surface area contributed by atoms with Gasteiger partial charge in [-0.05, 0) is 24.4 Å². The van der Waals surface area contributed by atoms with Crippen LogP contribution < -0.4 is 11.3 Å². The van der Waals surface area contributed by atoms with Crippen molar-refractivity contribution in [2.24, 2.45) is 5.73 Å². The molecule has 0 saturated heterocycles. The van der Waals surface area contributed by atoms with Crippen molar-refractivity contribution in [2.45, 2.75) is 19.5 Å². The molecular formula is C13H17N3O2S. The normalized spacial score (nSPS) is 12.6. The van der Waals surface area contributed by atoms with E-state index >= 15 is 0 Å². The number of rotatable bonds is 5. The molecular weight excluding hydrogens is 262 g/mol. The van der Waals surface area contributed by atoms with E-state index in [4.69, 9.17) is 10.5 Å². The van der Waals surface area contributed by atoms with Crippen LogP contribution in [0.25, 0.3) is 0 Å². The van der Waals surface area contributed by atoms with Crippen molar-refractivity contribution in [1.29, 1.82) is 0 Å². The standard InChI is InChI=1S/C13H17N3O2S/c1-9-8-10(12(14)11-4-3-7-19-11)13(17)16(15-9)5-6-18-2/h3-4,7-8,12H,5-6,14H2,1-2H3. The highest BCUT2D eigenvalue weighted by molar-refractivity contribution is 7.10. The monoisotopic (exact) mass is 279 g/mol. The van der Waals surface area contributed by atoms with Gasteiger partial charge in [-0.2, -0.15) is 5.10 Å². The van der Waals surface area contributed by atoms with Gasteiger partial charge in [-0.25, -0.2) is 4.68 Å². The maximum Gasteiger partial charge on any atom is 0.272 e. The highest BCUT2D eigenvalue weighted by atomic mass is 32.1. The Hall–Kier alpha value is -1.50. The highest BCUT2D eigenvalue weighted by Crippen LogP contribution is 2.21. The molecule has 2 rings (SSSR count). The van der Waals surface area contributed by atoms with Gasteiger partial charge in [0.25, 0.3) is 5.56 Å². The maximum absolute atomic E-state index is 12.3. The van der Waals surface area contributed by atoms with Crippen LogP contribution in [0.5, 0.6) is 0 Å². The molecule has 0 aliphatic heterocycles. The van der Waals surface area contributed by atoms with E-state index in [1.807, 2.05) is 24.4 Å². The average molecular weight is 279 g/mol. The topological polar surface area (TPSA) is 70.1 Å². The summed E-state index contributed by atoms with van der Waals surface area (Å²) < 4.78 is 6.40. The molecule has 0 aromatic carbocycles. The second kappa shape index (κ2) is 6.10. The number of thiophene rings is 1. The van der Waals surface area contributed by atoms with Crippen LogP contribution in [0.15, 0.2) is 28.4 Å². The summed E-state index contributed by atoms with van der Waals surface area (Å²) in [5.74, 6) is 0. The van der Waals surface area contributed by atoms with Gasteiger partial charge in [0.15, 0.2) is 0 Å². The molecule has 2 N–H and O–H groups in total. The number of nitrogens with two attached hydrogens (primary N) is 1. The average Bonchev–Trinajstić information content (AvgIpc) is 2.92. The van der Waals surface area contributed by atoms with Crippen molar-refractivity contribution in [3.8, 4) is 0 Å². The second-order valence-corrected chi connectivity index (χ2v) is 5.23. The van der Waals surface area contributed by atoms with E-state index in [1.165, 1.54) is 4.68 Å². The first kappa shape index (κ1) is 13.9. The van der Waals surface area contributed by atoms with Crippen LogP contribution in [0.3, 0.4) is 0 Å². The Kier molecular flexibility index (Phi) is 4.47. The van der Waals surface area contributed by atoms with Gasteiger partial charge >= 0.3 is 0 Å². The summed E-state index contributed by atoms with van der Waals surface area (Å²) in [5, 5.41) is 6.16. The van der Waals surface area contributed by atoms with E-state index in [2.05, 4.69) is 5.10 Å². The number of aromatic nitrogens is 2. The molecule has 6 heteroatoms. The van der Waals surface area contributed by atoms with Gasteiger partial charge in [-0.1, -0.05) is 6.07 Å². The molecule has 0 amide bonds. The van der Waals surface area contributed by atoms with Crippen LogP contribution in [-0.2, 0) is 11.3 Å². The van der Waals surface area contributed by atoms with Gasteiger partial charge in [0, 0.05) is 17.6 Å². The molecule has 102 valence electrons. The van der Waals surface area contributed by atoms with Gasteiger partial charge < -0.3 is 10.5 Å². The Balaban J connectivity index is 2.40. The Morgan fingerprint density at radius 3 is 3.00 bits per heavy atom. The maximum atomic E-state index is 12.3. The van der Waals surface area contributed by atoms with Gasteiger partial charge in [0.05, 0.1) is 24.9 Å². The highest BCUT2D eigenvalue weighted by Gasteiger charge is 2.16. The zero-order valence-corrected chi connectivity index (χ0v) is 11.8. The lowest BCUT2D eigenvalue weighted by atomic mass is 10.1. The molecule has 0 bridgehead atoms. The minimum absolute atomic E-state index is 0.149. The van der Waals surface area contributed by atoms with E-state index in [1.54, 1.807) is 24.5 Å². The van der Waals surface area contributed by atoms with E-state index in [0.717, 1.165) is 10.6 Å². The van der Waals surface area contributed by atoms with Gasteiger partial charge in [-0.3, -0.25) is 4.79 Å². The van der Waals surface area contributed by atoms with Crippen molar-refractivity contribution in [2.75, 3.05) is 13.7 Å². The van der Waals surface area contributed by atoms with Crippen LogP contribution in [0.2, 0.25) is 0 Å². The van der Waals surface area contributed by atoms with E-state index < -0.39 is 6.04 Å². The van der Waals surface area contributed by atoms with Crippen LogP contribution >= 0.6 is 11.3 Å². The zero-order valence-electron chi connectivity index (χ0n) is 11.0. The van der Waals surface area contributed by atoms with Gasteiger partial charge in [0.1, 0.15) is 0 Å². The number of aryl methyl sites for hydroxylation is 1. The molecule has 0 aliphatic carbocycles. The summed E-state index contributed by atoms with van der Waals surface area (Å²) in [5.41, 5.74) is 7.37. The molecule has 0 aliphatic rings. The van der Waals surface area contributed by atoms with Crippen LogP contribution in [0, 0.1) is 6.92 Å². The quantitative estimate of drug-likeness (QED) is 0.896. The molecule has 1 atom stereocenters. The van der Waals surface area contributed by atoms with Crippen molar-refractivity contribution in [1.82, 2.24) is 9.78 Å². The van der Waals surface area contributed by atoms with E-state index in [0.29, 0.717) is 18.7 Å². The fourth-order valence-corrected chi connectivity index (χ4v) is 2.62. The fraction of sp³-hybridized carbons (Fsp3) is 0.385. The zero-order chi connectivity index (χ0) is 13.8. The third kappa shape index (κ3) is 3.09. The molecule has 0 saturated carbocycles. The second-order valence-electron chi connectivity index (χ2n) is 4.26. The lowest BCUT2D eigenvalue weighted by Crippen LogP contribution is -2.31. The largest absolute Gasteiger partial charge is 0.383 e. The Bertz CT molecular complexity index is 592. The number of methoxy groups -OCH3 is 1. The van der Waals surface area contributed by atoms with Crippen molar-refractivity contribution < 1.29 is 4.74 Å². The van der Waals surface area contributed by atoms with Crippen LogP contribution in [0.1, 0.15) is 22.2 Å². The summed E-state index contributed by atoms with van der Waals surface area (Å²) in [7, 11) is 1.60. The van der Waals surface area contributed by atoms with Crippen molar-refractivity contribution in [3.63, 3.8) is 0 Å². The van der Waals surface area contributed by atoms with Gasteiger partial charge in [0.2, 0.25) is 0 Å². The predicted octanol–water partition coefficient (Wildman–Crippen LogP) is 1.31. The molecule has 2 aromatic heterocycles. The predicted molar refractivity (Wildman–Crippen MR) is 75.5 cm³/mol. The molecule has 5 nitrogen and oxygen atoms in total. The molecule has 0 fully saturated rings. The third-order valence-electron chi connectivity index (χ3n) is 2.82. The molecule has 1 unspecified atom stereocenters.